The van der Waals surface area contributed by atoms with Gasteiger partial charge in [0.05, 0.1) is 0 Å². The fourth-order valence-electron chi connectivity index (χ4n) is 1.71. The van der Waals surface area contributed by atoms with Gasteiger partial charge in [0.25, 0.3) is 0 Å². The van der Waals surface area contributed by atoms with Gasteiger partial charge in [-0.25, -0.2) is 0 Å². The molecule has 0 amide bonds. The smallest absolute Gasteiger partial charge is 0.106 e. The Morgan fingerprint density at radius 1 is 1.23 bits per heavy atom. The number of rotatable bonds is 1. The first-order chi connectivity index (χ1) is 6.22. The van der Waals surface area contributed by atoms with E-state index >= 15 is 0 Å². The molecular formula is C11H14N2. The van der Waals surface area contributed by atoms with Crippen LogP contribution in [0.15, 0.2) is 24.3 Å². The zero-order chi connectivity index (χ0) is 9.42. The Balaban J connectivity index is 2.76. The standard InChI is InChI=1S/C11H14N2/c1-8-4-5-10-9(6-8)7-11(12-2)13(10)3/h4-7,12H,1-3H3. The van der Waals surface area contributed by atoms with E-state index in [1.807, 2.05) is 7.05 Å². The topological polar surface area (TPSA) is 17.0 Å². The Morgan fingerprint density at radius 3 is 2.69 bits per heavy atom. The summed E-state index contributed by atoms with van der Waals surface area (Å²) < 4.78 is 2.16. The fraction of sp³-hybridized carbons (Fsp3) is 0.273. The van der Waals surface area contributed by atoms with Crippen molar-refractivity contribution >= 4 is 16.7 Å². The number of hydrogen-bond acceptors (Lipinski definition) is 1. The molecule has 2 aromatic rings. The van der Waals surface area contributed by atoms with Crippen LogP contribution in [-0.2, 0) is 7.05 Å². The molecule has 0 aliphatic heterocycles. The number of benzene rings is 1. The SMILES string of the molecule is CNc1cc2cc(C)ccc2n1C. The minimum absolute atomic E-state index is 1.15. The van der Waals surface area contributed by atoms with Crippen molar-refractivity contribution in [1.29, 1.82) is 0 Å². The van der Waals surface area contributed by atoms with E-state index < -0.39 is 0 Å². The number of hydrogen-bond donors (Lipinski definition) is 1. The van der Waals surface area contributed by atoms with Crippen molar-refractivity contribution in [3.8, 4) is 0 Å². The van der Waals surface area contributed by atoms with E-state index in [1.54, 1.807) is 0 Å². The van der Waals surface area contributed by atoms with Crippen molar-refractivity contribution in [3.05, 3.63) is 29.8 Å². The summed E-state index contributed by atoms with van der Waals surface area (Å²) >= 11 is 0. The molecule has 1 aromatic heterocycles. The first-order valence-electron chi connectivity index (χ1n) is 4.46. The third-order valence-corrected chi connectivity index (χ3v) is 2.45. The quantitative estimate of drug-likeness (QED) is 0.703. The molecule has 0 saturated carbocycles. The van der Waals surface area contributed by atoms with Gasteiger partial charge in [0, 0.05) is 25.0 Å². The van der Waals surface area contributed by atoms with Gasteiger partial charge >= 0.3 is 0 Å². The maximum absolute atomic E-state index is 3.17. The number of aromatic nitrogens is 1. The van der Waals surface area contributed by atoms with Crippen molar-refractivity contribution in [3.63, 3.8) is 0 Å². The summed E-state index contributed by atoms with van der Waals surface area (Å²) in [4.78, 5) is 0. The van der Waals surface area contributed by atoms with Crippen LogP contribution in [0.4, 0.5) is 5.82 Å². The Labute approximate surface area is 78.2 Å². The van der Waals surface area contributed by atoms with Crippen LogP contribution in [0.3, 0.4) is 0 Å². The number of nitrogens with one attached hydrogen (secondary N) is 1. The average Bonchev–Trinajstić information content (AvgIpc) is 2.42. The Morgan fingerprint density at radius 2 is 2.00 bits per heavy atom. The first-order valence-corrected chi connectivity index (χ1v) is 4.46. The van der Waals surface area contributed by atoms with Gasteiger partial charge < -0.3 is 9.88 Å². The number of nitrogens with zero attached hydrogens (tertiary/aromatic N) is 1. The van der Waals surface area contributed by atoms with Crippen LogP contribution >= 0.6 is 0 Å². The highest BCUT2D eigenvalue weighted by Crippen LogP contribution is 2.22. The zero-order valence-electron chi connectivity index (χ0n) is 8.26. The largest absolute Gasteiger partial charge is 0.375 e. The highest BCUT2D eigenvalue weighted by atomic mass is 15.1. The van der Waals surface area contributed by atoms with Crippen LogP contribution in [0.2, 0.25) is 0 Å². The first kappa shape index (κ1) is 8.17. The number of aryl methyl sites for hydroxylation is 2. The molecule has 2 nitrogen and oxygen atoms in total. The molecule has 0 atom stereocenters. The van der Waals surface area contributed by atoms with Crippen molar-refractivity contribution in [2.75, 3.05) is 12.4 Å². The van der Waals surface area contributed by atoms with E-state index in [2.05, 4.69) is 48.1 Å². The molecule has 68 valence electrons. The van der Waals surface area contributed by atoms with E-state index in [4.69, 9.17) is 0 Å². The molecule has 0 aliphatic rings. The normalized spacial score (nSPS) is 10.7. The highest BCUT2D eigenvalue weighted by molar-refractivity contribution is 5.85. The van der Waals surface area contributed by atoms with Gasteiger partial charge in [-0.3, -0.25) is 0 Å². The van der Waals surface area contributed by atoms with Gasteiger partial charge in [0.1, 0.15) is 5.82 Å². The molecule has 1 N–H and O–H groups in total. The van der Waals surface area contributed by atoms with E-state index in [0.29, 0.717) is 0 Å². The Kier molecular flexibility index (Phi) is 1.76. The van der Waals surface area contributed by atoms with Crippen LogP contribution in [0.5, 0.6) is 0 Å². The molecule has 0 spiro atoms. The lowest BCUT2D eigenvalue weighted by molar-refractivity contribution is 0.972. The summed E-state index contributed by atoms with van der Waals surface area (Å²) in [5, 5.41) is 4.47. The Bertz CT molecular complexity index is 441. The van der Waals surface area contributed by atoms with Gasteiger partial charge in [-0.1, -0.05) is 11.6 Å². The lowest BCUT2D eigenvalue weighted by Gasteiger charge is -2.01. The molecular weight excluding hydrogens is 160 g/mol. The van der Waals surface area contributed by atoms with Crippen LogP contribution in [0.1, 0.15) is 5.56 Å². The minimum Gasteiger partial charge on any atom is -0.375 e. The lowest BCUT2D eigenvalue weighted by Crippen LogP contribution is -1.95. The number of anilines is 1. The molecule has 1 aromatic carbocycles. The van der Waals surface area contributed by atoms with Crippen molar-refractivity contribution in [2.24, 2.45) is 7.05 Å². The molecule has 0 radical (unpaired) electrons. The van der Waals surface area contributed by atoms with E-state index in [1.165, 1.54) is 16.5 Å². The molecule has 0 bridgehead atoms. The molecule has 13 heavy (non-hydrogen) atoms. The second-order valence-electron chi connectivity index (χ2n) is 3.40. The van der Waals surface area contributed by atoms with E-state index in [-0.39, 0.29) is 0 Å². The van der Waals surface area contributed by atoms with Crippen molar-refractivity contribution in [1.82, 2.24) is 4.57 Å². The minimum atomic E-state index is 1.15. The van der Waals surface area contributed by atoms with Gasteiger partial charge in [0.15, 0.2) is 0 Å². The maximum Gasteiger partial charge on any atom is 0.106 e. The second kappa shape index (κ2) is 2.80. The summed E-state index contributed by atoms with van der Waals surface area (Å²) in [5.41, 5.74) is 2.58. The van der Waals surface area contributed by atoms with Gasteiger partial charge in [-0.15, -0.1) is 0 Å². The summed E-state index contributed by atoms with van der Waals surface area (Å²) in [6.07, 6.45) is 0. The summed E-state index contributed by atoms with van der Waals surface area (Å²) in [7, 11) is 4.02. The molecule has 0 fully saturated rings. The number of fused-ring (bicyclic) bond motifs is 1. The predicted molar refractivity (Wildman–Crippen MR) is 57.2 cm³/mol. The average molecular weight is 174 g/mol. The van der Waals surface area contributed by atoms with Gasteiger partial charge in [-0.2, -0.15) is 0 Å². The predicted octanol–water partition coefficient (Wildman–Crippen LogP) is 2.53. The lowest BCUT2D eigenvalue weighted by atomic mass is 10.2. The molecule has 1 heterocycles. The fourth-order valence-corrected chi connectivity index (χ4v) is 1.71. The van der Waals surface area contributed by atoms with Crippen molar-refractivity contribution in [2.45, 2.75) is 6.92 Å². The van der Waals surface area contributed by atoms with E-state index in [0.717, 1.165) is 5.82 Å². The summed E-state index contributed by atoms with van der Waals surface area (Å²) in [5.74, 6) is 1.15. The Hall–Kier alpha value is -1.44. The van der Waals surface area contributed by atoms with Crippen LogP contribution in [0.25, 0.3) is 10.9 Å². The van der Waals surface area contributed by atoms with Crippen LogP contribution in [-0.4, -0.2) is 11.6 Å². The highest BCUT2D eigenvalue weighted by Gasteiger charge is 2.02. The zero-order valence-corrected chi connectivity index (χ0v) is 8.26. The molecule has 2 heteroatoms. The molecule has 0 saturated heterocycles. The third kappa shape index (κ3) is 1.18. The molecule has 0 aliphatic carbocycles. The van der Waals surface area contributed by atoms with Crippen molar-refractivity contribution < 1.29 is 0 Å². The van der Waals surface area contributed by atoms with Gasteiger partial charge in [-0.05, 0) is 25.1 Å². The van der Waals surface area contributed by atoms with Gasteiger partial charge in [0.2, 0.25) is 0 Å². The maximum atomic E-state index is 3.17. The third-order valence-electron chi connectivity index (χ3n) is 2.45. The summed E-state index contributed by atoms with van der Waals surface area (Å²) in [6.45, 7) is 2.12. The van der Waals surface area contributed by atoms with Crippen LogP contribution < -0.4 is 5.32 Å². The molecule has 0 unspecified atom stereocenters. The van der Waals surface area contributed by atoms with E-state index in [9.17, 15) is 0 Å². The summed E-state index contributed by atoms with van der Waals surface area (Å²) in [6, 6.07) is 8.67. The van der Waals surface area contributed by atoms with Crippen LogP contribution in [0, 0.1) is 6.92 Å². The molecule has 2 rings (SSSR count). The second-order valence-corrected chi connectivity index (χ2v) is 3.40. The monoisotopic (exact) mass is 174 g/mol.